The second-order valence-electron chi connectivity index (χ2n) is 2.15. The van der Waals surface area contributed by atoms with E-state index in [1.807, 2.05) is 6.07 Å². The van der Waals surface area contributed by atoms with Crippen LogP contribution in [-0.4, -0.2) is 8.42 Å². The van der Waals surface area contributed by atoms with E-state index >= 15 is 0 Å². The van der Waals surface area contributed by atoms with Crippen LogP contribution in [0, 0.1) is 11.3 Å². The van der Waals surface area contributed by atoms with Gasteiger partial charge in [-0.15, -0.1) is 0 Å². The molecule has 13 heavy (non-hydrogen) atoms. The second kappa shape index (κ2) is 4.85. The monoisotopic (exact) mass is 217 g/mol. The lowest BCUT2D eigenvalue weighted by atomic mass is 10.2. The van der Waals surface area contributed by atoms with E-state index in [-0.39, 0.29) is 10.5 Å². The van der Waals surface area contributed by atoms with Gasteiger partial charge in [-0.3, -0.25) is 0 Å². The second-order valence-corrected chi connectivity index (χ2v) is 4.89. The molecule has 5 heteroatoms. The highest BCUT2D eigenvalue weighted by Crippen LogP contribution is 2.11. The Hall–Kier alpha value is -1.05. The maximum absolute atomic E-state index is 10.7. The summed E-state index contributed by atoms with van der Waals surface area (Å²) < 4.78 is 21.4. The zero-order chi connectivity index (χ0) is 10.5. The number of nitriles is 1. The van der Waals surface area contributed by atoms with E-state index in [1.165, 1.54) is 25.2 Å². The van der Waals surface area contributed by atoms with Crippen molar-refractivity contribution in [2.45, 2.75) is 6.92 Å². The molecule has 0 aliphatic rings. The summed E-state index contributed by atoms with van der Waals surface area (Å²) in [6.45, 7) is 4.71. The number of hydrogen-bond acceptors (Lipinski definition) is 3. The molecule has 0 aromatic carbocycles. The molecule has 0 aromatic heterocycles. The standard InChI is InChI=1S/C8H8ClNO2S/c1-3-8(6-10)5-4-7(2)13(9,11)12/h3-5H,1H2,2H3/b7-4+,8-5+. The van der Waals surface area contributed by atoms with Crippen molar-refractivity contribution in [2.75, 3.05) is 0 Å². The molecule has 0 aliphatic carbocycles. The van der Waals surface area contributed by atoms with Crippen molar-refractivity contribution in [1.29, 1.82) is 5.26 Å². The largest absolute Gasteiger partial charge is 0.257 e. The molecule has 0 aliphatic heterocycles. The molecule has 0 bridgehead atoms. The van der Waals surface area contributed by atoms with Crippen LogP contribution in [-0.2, 0) is 9.05 Å². The SMILES string of the molecule is C=C/C(C#N)=C\C=C(/C)S(=O)(=O)Cl. The van der Waals surface area contributed by atoms with Gasteiger partial charge >= 0.3 is 0 Å². The first-order chi connectivity index (χ1) is 5.91. The van der Waals surface area contributed by atoms with Gasteiger partial charge in [0, 0.05) is 10.7 Å². The van der Waals surface area contributed by atoms with Gasteiger partial charge in [-0.2, -0.15) is 5.26 Å². The van der Waals surface area contributed by atoms with Crippen LogP contribution in [0.4, 0.5) is 0 Å². The average Bonchev–Trinajstić information content (AvgIpc) is 2.04. The Kier molecular flexibility index (Phi) is 4.46. The minimum Gasteiger partial charge on any atom is -0.207 e. The zero-order valence-corrected chi connectivity index (χ0v) is 8.56. The number of rotatable bonds is 3. The first-order valence-electron chi connectivity index (χ1n) is 3.27. The molecule has 0 unspecified atom stereocenters. The minimum atomic E-state index is -3.67. The molecular formula is C8H8ClNO2S. The molecule has 0 N–H and O–H groups in total. The van der Waals surface area contributed by atoms with Gasteiger partial charge in [-0.1, -0.05) is 12.7 Å². The van der Waals surface area contributed by atoms with Crippen molar-refractivity contribution in [3.63, 3.8) is 0 Å². The average molecular weight is 218 g/mol. The minimum absolute atomic E-state index is 0.0104. The topological polar surface area (TPSA) is 57.9 Å². The lowest BCUT2D eigenvalue weighted by Gasteiger charge is -1.90. The van der Waals surface area contributed by atoms with Crippen LogP contribution in [0.15, 0.2) is 35.3 Å². The molecule has 0 fully saturated rings. The third kappa shape index (κ3) is 4.51. The summed E-state index contributed by atoms with van der Waals surface area (Å²) in [6, 6.07) is 1.82. The summed E-state index contributed by atoms with van der Waals surface area (Å²) in [4.78, 5) is -0.0104. The van der Waals surface area contributed by atoms with Crippen molar-refractivity contribution in [2.24, 2.45) is 0 Å². The Balaban J connectivity index is 4.93. The van der Waals surface area contributed by atoms with Gasteiger partial charge in [0.05, 0.1) is 16.5 Å². The summed E-state index contributed by atoms with van der Waals surface area (Å²) in [5, 5.41) is 8.44. The Labute approximate surface area is 82.1 Å². The quantitative estimate of drug-likeness (QED) is 0.413. The zero-order valence-electron chi connectivity index (χ0n) is 6.99. The molecule has 0 heterocycles. The van der Waals surface area contributed by atoms with Gasteiger partial charge in [0.1, 0.15) is 0 Å². The molecule has 0 radical (unpaired) electrons. The van der Waals surface area contributed by atoms with E-state index in [0.29, 0.717) is 0 Å². The van der Waals surface area contributed by atoms with Gasteiger partial charge in [-0.25, -0.2) is 8.42 Å². The number of halogens is 1. The third-order valence-corrected chi connectivity index (χ3v) is 2.87. The van der Waals surface area contributed by atoms with Gasteiger partial charge in [0.2, 0.25) is 0 Å². The molecule has 0 rings (SSSR count). The molecule has 3 nitrogen and oxygen atoms in total. The molecule has 0 aromatic rings. The highest BCUT2D eigenvalue weighted by molar-refractivity contribution is 8.16. The first kappa shape index (κ1) is 12.0. The Morgan fingerprint density at radius 1 is 1.54 bits per heavy atom. The fourth-order valence-corrected chi connectivity index (χ4v) is 0.824. The number of nitrogens with zero attached hydrogens (tertiary/aromatic N) is 1. The molecule has 0 amide bonds. The summed E-state index contributed by atoms with van der Waals surface area (Å²) in [5.41, 5.74) is 0.277. The first-order valence-corrected chi connectivity index (χ1v) is 5.58. The summed E-state index contributed by atoms with van der Waals surface area (Å²) in [5.74, 6) is 0. The van der Waals surface area contributed by atoms with Gasteiger partial charge in [0.15, 0.2) is 0 Å². The normalized spacial score (nSPS) is 13.6. The molecule has 0 spiro atoms. The highest BCUT2D eigenvalue weighted by atomic mass is 35.7. The molecule has 0 saturated carbocycles. The van der Waals surface area contributed by atoms with Crippen LogP contribution in [0.1, 0.15) is 6.92 Å². The summed E-state index contributed by atoms with van der Waals surface area (Å²) in [6.07, 6.45) is 3.91. The van der Waals surface area contributed by atoms with Crippen LogP contribution < -0.4 is 0 Å². The van der Waals surface area contributed by atoms with Gasteiger partial charge < -0.3 is 0 Å². The third-order valence-electron chi connectivity index (χ3n) is 1.23. The van der Waals surface area contributed by atoms with E-state index in [1.54, 1.807) is 0 Å². The number of hydrogen-bond donors (Lipinski definition) is 0. The van der Waals surface area contributed by atoms with Crippen molar-refractivity contribution < 1.29 is 8.42 Å². The number of allylic oxidation sites excluding steroid dienone is 5. The van der Waals surface area contributed by atoms with Crippen molar-refractivity contribution in [3.05, 3.63) is 35.3 Å². The predicted molar refractivity (Wildman–Crippen MR) is 52.4 cm³/mol. The van der Waals surface area contributed by atoms with Gasteiger partial charge in [-0.05, 0) is 19.1 Å². The van der Waals surface area contributed by atoms with E-state index < -0.39 is 9.05 Å². The van der Waals surface area contributed by atoms with E-state index in [9.17, 15) is 8.42 Å². The molecule has 0 atom stereocenters. The Morgan fingerprint density at radius 2 is 2.08 bits per heavy atom. The van der Waals surface area contributed by atoms with Crippen LogP contribution in [0.2, 0.25) is 0 Å². The Morgan fingerprint density at radius 3 is 2.38 bits per heavy atom. The van der Waals surface area contributed by atoms with Crippen LogP contribution in [0.25, 0.3) is 0 Å². The van der Waals surface area contributed by atoms with E-state index in [4.69, 9.17) is 15.9 Å². The highest BCUT2D eigenvalue weighted by Gasteiger charge is 2.06. The molecule has 0 saturated heterocycles. The fourth-order valence-electron chi connectivity index (χ4n) is 0.439. The lowest BCUT2D eigenvalue weighted by molar-refractivity contribution is 0.615. The fraction of sp³-hybridized carbons (Fsp3) is 0.125. The van der Waals surface area contributed by atoms with Gasteiger partial charge in [0.25, 0.3) is 9.05 Å². The molecular weight excluding hydrogens is 210 g/mol. The smallest absolute Gasteiger partial charge is 0.207 e. The van der Waals surface area contributed by atoms with Crippen LogP contribution >= 0.6 is 10.7 Å². The Bertz CT molecular complexity index is 398. The predicted octanol–water partition coefficient (Wildman–Crippen LogP) is 2.09. The van der Waals surface area contributed by atoms with E-state index in [0.717, 1.165) is 0 Å². The van der Waals surface area contributed by atoms with Crippen molar-refractivity contribution in [1.82, 2.24) is 0 Å². The maximum atomic E-state index is 10.7. The van der Waals surface area contributed by atoms with E-state index in [2.05, 4.69) is 6.58 Å². The summed E-state index contributed by atoms with van der Waals surface area (Å²) >= 11 is 0. The van der Waals surface area contributed by atoms with Crippen molar-refractivity contribution in [3.8, 4) is 6.07 Å². The van der Waals surface area contributed by atoms with Crippen molar-refractivity contribution >= 4 is 19.7 Å². The maximum Gasteiger partial charge on any atom is 0.257 e. The molecule has 70 valence electrons. The summed E-state index contributed by atoms with van der Waals surface area (Å²) in [7, 11) is 1.35. The van der Waals surface area contributed by atoms with Crippen LogP contribution in [0.5, 0.6) is 0 Å². The lowest BCUT2D eigenvalue weighted by Crippen LogP contribution is -1.88. The van der Waals surface area contributed by atoms with Crippen LogP contribution in [0.3, 0.4) is 0 Å².